The molecule has 4 aromatic rings. The predicted molar refractivity (Wildman–Crippen MR) is 131 cm³/mol. The van der Waals surface area contributed by atoms with E-state index in [1.807, 2.05) is 24.0 Å². The third kappa shape index (κ3) is 3.42. The van der Waals surface area contributed by atoms with Gasteiger partial charge in [-0.25, -0.2) is 15.0 Å². The molecule has 39 heavy (non-hydrogen) atoms. The minimum Gasteiger partial charge on any atom is -0.421 e. The number of hydrogen-bond donors (Lipinski definition) is 0. The Balaban J connectivity index is 1.21. The van der Waals surface area contributed by atoms with E-state index >= 15 is 0 Å². The summed E-state index contributed by atoms with van der Waals surface area (Å²) < 4.78 is 55.8. The quantitative estimate of drug-likeness (QED) is 0.331. The topological polar surface area (TPSA) is 105 Å². The van der Waals surface area contributed by atoms with Crippen LogP contribution in [0.15, 0.2) is 22.9 Å². The van der Waals surface area contributed by atoms with Crippen molar-refractivity contribution in [2.45, 2.75) is 82.0 Å². The summed E-state index contributed by atoms with van der Waals surface area (Å²) in [6.45, 7) is 4.01. The third-order valence-electron chi connectivity index (χ3n) is 9.08. The van der Waals surface area contributed by atoms with Crippen LogP contribution in [0.4, 0.5) is 13.2 Å². The van der Waals surface area contributed by atoms with Crippen LogP contribution < -0.4 is 0 Å². The number of fused-ring (bicyclic) bond motifs is 2. The summed E-state index contributed by atoms with van der Waals surface area (Å²) in [5.74, 6) is 1.15. The summed E-state index contributed by atoms with van der Waals surface area (Å²) in [6, 6.07) is 2.25. The van der Waals surface area contributed by atoms with Crippen molar-refractivity contribution in [1.82, 2.24) is 34.9 Å². The highest BCUT2D eigenvalue weighted by Gasteiger charge is 2.94. The van der Waals surface area contributed by atoms with Crippen molar-refractivity contribution in [1.29, 1.82) is 0 Å². The Labute approximate surface area is 221 Å². The summed E-state index contributed by atoms with van der Waals surface area (Å²) in [5, 5.41) is 13.0. The van der Waals surface area contributed by atoms with Crippen LogP contribution in [0.5, 0.6) is 0 Å². The van der Waals surface area contributed by atoms with Crippen LogP contribution in [0, 0.1) is 19.3 Å². The number of aryl methyl sites for hydroxylation is 2. The highest BCUT2D eigenvalue weighted by atomic mass is 19.4. The number of hydrogen-bond acceptors (Lipinski definition) is 8. The lowest BCUT2D eigenvalue weighted by molar-refractivity contribution is -0.167. The average Bonchev–Trinajstić information content (AvgIpc) is 3.84. The van der Waals surface area contributed by atoms with E-state index in [2.05, 4.69) is 15.3 Å². The number of halogens is 3. The maximum Gasteiger partial charge on any atom is 0.395 e. The molecule has 5 heterocycles. The second-order valence-electron chi connectivity index (χ2n) is 11.6. The van der Waals surface area contributed by atoms with Gasteiger partial charge in [0.1, 0.15) is 5.82 Å². The fourth-order valence-electron chi connectivity index (χ4n) is 6.41. The minimum absolute atomic E-state index is 0.0503. The molecule has 1 saturated heterocycles. The fraction of sp³-hybridized carbons (Fsp3) is 0.556. The standard InChI is InChI=1S/C27H26F3N7O2/c1-13-18(24-36-35-14(2)39-24)8-19-21(25-11-26(25,12-25)27(28,29)30)33-22(34-23(19)32-13)15-5-6-38-20(7-15)16-9-31-37(10-16)17-3-4-17/h8-10,15,17,20H,3-7,11-12H2,1-2H3. The van der Waals surface area contributed by atoms with Crippen molar-refractivity contribution in [3.63, 3.8) is 0 Å². The number of alkyl halides is 3. The van der Waals surface area contributed by atoms with E-state index in [1.54, 1.807) is 13.0 Å². The second kappa shape index (κ2) is 7.61. The molecule has 0 amide bonds. The summed E-state index contributed by atoms with van der Waals surface area (Å²) in [5.41, 5.74) is 0.340. The first-order valence-corrected chi connectivity index (χ1v) is 13.4. The lowest BCUT2D eigenvalue weighted by atomic mass is 9.91. The average molecular weight is 538 g/mol. The highest BCUT2D eigenvalue weighted by molar-refractivity contribution is 5.85. The van der Waals surface area contributed by atoms with Crippen LogP contribution >= 0.6 is 0 Å². The Morgan fingerprint density at radius 3 is 2.56 bits per heavy atom. The smallest absolute Gasteiger partial charge is 0.395 e. The Morgan fingerprint density at radius 2 is 1.87 bits per heavy atom. The molecule has 3 saturated carbocycles. The number of rotatable bonds is 5. The molecule has 2 unspecified atom stereocenters. The van der Waals surface area contributed by atoms with Crippen molar-refractivity contribution in [3.8, 4) is 11.5 Å². The Morgan fingerprint density at radius 1 is 1.05 bits per heavy atom. The Kier molecular flexibility index (Phi) is 4.58. The van der Waals surface area contributed by atoms with Gasteiger partial charge in [0.15, 0.2) is 5.65 Å². The van der Waals surface area contributed by atoms with Gasteiger partial charge in [0.2, 0.25) is 11.8 Å². The molecule has 0 N–H and O–H groups in total. The molecule has 4 aromatic heterocycles. The first-order valence-electron chi connectivity index (χ1n) is 13.4. The fourth-order valence-corrected chi connectivity index (χ4v) is 6.41. The van der Waals surface area contributed by atoms with E-state index in [9.17, 15) is 13.2 Å². The van der Waals surface area contributed by atoms with Crippen LogP contribution in [0.1, 0.15) is 85.3 Å². The van der Waals surface area contributed by atoms with E-state index in [1.165, 1.54) is 0 Å². The largest absolute Gasteiger partial charge is 0.421 e. The van der Waals surface area contributed by atoms with Crippen molar-refractivity contribution in [3.05, 3.63) is 47.1 Å². The number of ether oxygens (including phenoxy) is 1. The first kappa shape index (κ1) is 23.5. The van der Waals surface area contributed by atoms with Gasteiger partial charge in [0.05, 0.1) is 40.7 Å². The number of pyridine rings is 1. The van der Waals surface area contributed by atoms with Crippen LogP contribution in [0.25, 0.3) is 22.5 Å². The minimum atomic E-state index is -4.28. The van der Waals surface area contributed by atoms with Gasteiger partial charge in [-0.3, -0.25) is 4.68 Å². The van der Waals surface area contributed by atoms with Crippen molar-refractivity contribution >= 4 is 11.0 Å². The van der Waals surface area contributed by atoms with Crippen molar-refractivity contribution in [2.24, 2.45) is 5.41 Å². The maximum absolute atomic E-state index is 14.0. The molecule has 8 rings (SSSR count). The van der Waals surface area contributed by atoms with Crippen LogP contribution in [-0.4, -0.2) is 47.7 Å². The molecule has 3 aliphatic carbocycles. The maximum atomic E-state index is 14.0. The van der Waals surface area contributed by atoms with E-state index in [0.717, 1.165) is 18.4 Å². The van der Waals surface area contributed by atoms with Crippen molar-refractivity contribution < 1.29 is 22.3 Å². The molecular formula is C27H26F3N7O2. The van der Waals surface area contributed by atoms with Crippen LogP contribution in [0.2, 0.25) is 0 Å². The lowest BCUT2D eigenvalue weighted by Gasteiger charge is -2.28. The lowest BCUT2D eigenvalue weighted by Crippen LogP contribution is -2.21. The molecule has 0 aromatic carbocycles. The van der Waals surface area contributed by atoms with Gasteiger partial charge in [-0.05, 0) is 51.5 Å². The summed E-state index contributed by atoms with van der Waals surface area (Å²) in [6.07, 6.45) is 3.18. The summed E-state index contributed by atoms with van der Waals surface area (Å²) in [4.78, 5) is 14.5. The molecule has 1 aliphatic heterocycles. The first-order chi connectivity index (χ1) is 18.7. The Hall–Kier alpha value is -3.41. The molecule has 0 radical (unpaired) electrons. The predicted octanol–water partition coefficient (Wildman–Crippen LogP) is 5.45. The molecule has 202 valence electrons. The van der Waals surface area contributed by atoms with Gasteiger partial charge in [-0.15, -0.1) is 10.2 Å². The van der Waals surface area contributed by atoms with Gasteiger partial charge >= 0.3 is 6.18 Å². The third-order valence-corrected chi connectivity index (χ3v) is 9.08. The van der Waals surface area contributed by atoms with Gasteiger partial charge in [0, 0.05) is 42.0 Å². The van der Waals surface area contributed by atoms with Crippen LogP contribution in [0.3, 0.4) is 0 Å². The van der Waals surface area contributed by atoms with E-state index < -0.39 is 17.0 Å². The van der Waals surface area contributed by atoms with Gasteiger partial charge in [-0.1, -0.05) is 0 Å². The normalized spacial score (nSPS) is 30.0. The molecule has 4 fully saturated rings. The number of nitrogens with zero attached hydrogens (tertiary/aromatic N) is 7. The van der Waals surface area contributed by atoms with Crippen LogP contribution in [-0.2, 0) is 10.2 Å². The van der Waals surface area contributed by atoms with Gasteiger partial charge in [0.25, 0.3) is 0 Å². The molecule has 0 spiro atoms. The van der Waals surface area contributed by atoms with E-state index in [4.69, 9.17) is 24.1 Å². The molecule has 2 atom stereocenters. The number of aromatic nitrogens is 7. The summed E-state index contributed by atoms with van der Waals surface area (Å²) >= 11 is 0. The molecule has 0 bridgehead atoms. The van der Waals surface area contributed by atoms with Gasteiger partial charge in [-0.2, -0.15) is 18.3 Å². The molecule has 9 nitrogen and oxygen atoms in total. The zero-order valence-electron chi connectivity index (χ0n) is 21.5. The van der Waals surface area contributed by atoms with Crippen molar-refractivity contribution in [2.75, 3.05) is 6.61 Å². The zero-order valence-corrected chi connectivity index (χ0v) is 21.5. The molecule has 12 heteroatoms. The van der Waals surface area contributed by atoms with E-state index in [0.29, 0.717) is 65.2 Å². The molecule has 4 aliphatic rings. The monoisotopic (exact) mass is 537 g/mol. The SMILES string of the molecule is Cc1nnc(-c2cc3c(C45CC4(C(F)(F)F)C5)nc(C4CCOC(c5cnn(C6CC6)c5)C4)nc3nc2C)o1. The zero-order chi connectivity index (χ0) is 26.7. The summed E-state index contributed by atoms with van der Waals surface area (Å²) in [7, 11) is 0. The second-order valence-corrected chi connectivity index (χ2v) is 11.6. The molecular weight excluding hydrogens is 511 g/mol. The Bertz CT molecular complexity index is 1630. The van der Waals surface area contributed by atoms with Gasteiger partial charge < -0.3 is 9.15 Å². The van der Waals surface area contributed by atoms with E-state index in [-0.39, 0.29) is 30.8 Å². The highest BCUT2D eigenvalue weighted by Crippen LogP contribution is 2.90.